The van der Waals surface area contributed by atoms with Crippen molar-refractivity contribution in [1.82, 2.24) is 29.9 Å². The molecule has 168 valence electrons. The van der Waals surface area contributed by atoms with Gasteiger partial charge in [0.1, 0.15) is 12.7 Å². The normalized spacial score (nSPS) is 14.3. The number of benzene rings is 2. The molecule has 2 heterocycles. The lowest BCUT2D eigenvalue weighted by Crippen LogP contribution is -2.32. The Morgan fingerprint density at radius 1 is 1.03 bits per heavy atom. The Morgan fingerprint density at radius 2 is 1.82 bits per heavy atom. The fraction of sp³-hybridized carbons (Fsp3) is 0.280. The van der Waals surface area contributed by atoms with Crippen LogP contribution < -0.4 is 5.32 Å². The lowest BCUT2D eigenvalue weighted by Gasteiger charge is -2.19. The first-order valence-corrected chi connectivity index (χ1v) is 11.6. The van der Waals surface area contributed by atoms with Crippen LogP contribution in [0.15, 0.2) is 67.3 Å². The summed E-state index contributed by atoms with van der Waals surface area (Å²) in [5.41, 5.74) is 4.59. The monoisotopic (exact) mass is 460 g/mol. The summed E-state index contributed by atoms with van der Waals surface area (Å²) < 4.78 is 3.64. The number of amides is 1. The minimum atomic E-state index is -0.262. The van der Waals surface area contributed by atoms with Crippen LogP contribution >= 0.6 is 11.6 Å². The Hall–Kier alpha value is -3.45. The standard InChI is InChI=1S/C25H25ClN6O/c26-19-11-13-20(14-12-19)32-23-10-6-2-5-9-21(23)24(30-32)25(33)29-22(15-31-17-27-16-28-31)18-7-3-1-4-8-18/h1,3-4,7-8,11-14,16-17,22H,2,5-6,9-10,15H2,(H,29,33). The van der Waals surface area contributed by atoms with Crippen LogP contribution in [0.3, 0.4) is 0 Å². The van der Waals surface area contributed by atoms with Crippen molar-refractivity contribution in [3.05, 3.63) is 94.8 Å². The minimum absolute atomic E-state index is 0.171. The molecule has 0 saturated heterocycles. The number of halogens is 1. The van der Waals surface area contributed by atoms with E-state index in [1.807, 2.05) is 59.3 Å². The van der Waals surface area contributed by atoms with E-state index in [2.05, 4.69) is 15.4 Å². The van der Waals surface area contributed by atoms with Crippen LogP contribution in [0.4, 0.5) is 0 Å². The van der Waals surface area contributed by atoms with Crippen LogP contribution in [0.25, 0.3) is 5.69 Å². The number of nitrogens with one attached hydrogen (secondary N) is 1. The number of nitrogens with zero attached hydrogens (tertiary/aromatic N) is 5. The molecule has 1 aliphatic carbocycles. The maximum Gasteiger partial charge on any atom is 0.272 e. The third-order valence-electron chi connectivity index (χ3n) is 6.06. The lowest BCUT2D eigenvalue weighted by molar-refractivity contribution is 0.0925. The average molecular weight is 461 g/mol. The van der Waals surface area contributed by atoms with E-state index < -0.39 is 0 Å². The third kappa shape index (κ3) is 4.68. The Bertz CT molecular complexity index is 1220. The molecule has 8 heteroatoms. The zero-order valence-electron chi connectivity index (χ0n) is 18.2. The number of carbonyl (C=O) groups is 1. The fourth-order valence-corrected chi connectivity index (χ4v) is 4.54. The molecule has 4 aromatic rings. The van der Waals surface area contributed by atoms with Crippen LogP contribution in [0.1, 0.15) is 52.6 Å². The maximum absolute atomic E-state index is 13.6. The first-order chi connectivity index (χ1) is 16.2. The van der Waals surface area contributed by atoms with Gasteiger partial charge in [0, 0.05) is 16.3 Å². The van der Waals surface area contributed by atoms with E-state index in [1.165, 1.54) is 6.33 Å². The Morgan fingerprint density at radius 3 is 2.58 bits per heavy atom. The summed E-state index contributed by atoms with van der Waals surface area (Å²) in [5, 5.41) is 12.9. The van der Waals surface area contributed by atoms with E-state index in [1.54, 1.807) is 11.0 Å². The van der Waals surface area contributed by atoms with E-state index in [4.69, 9.17) is 16.7 Å². The van der Waals surface area contributed by atoms with E-state index >= 15 is 0 Å². The molecule has 1 aliphatic rings. The summed E-state index contributed by atoms with van der Waals surface area (Å²) in [6.07, 6.45) is 8.20. The molecule has 5 rings (SSSR count). The fourth-order valence-electron chi connectivity index (χ4n) is 4.41. The van der Waals surface area contributed by atoms with Gasteiger partial charge in [0.25, 0.3) is 5.91 Å². The van der Waals surface area contributed by atoms with E-state index in [-0.39, 0.29) is 11.9 Å². The van der Waals surface area contributed by atoms with Crippen LogP contribution in [0.2, 0.25) is 5.02 Å². The Labute approximate surface area is 197 Å². The van der Waals surface area contributed by atoms with Crippen LogP contribution in [-0.2, 0) is 19.4 Å². The summed E-state index contributed by atoms with van der Waals surface area (Å²) in [6.45, 7) is 0.482. The van der Waals surface area contributed by atoms with Gasteiger partial charge in [0.15, 0.2) is 5.69 Å². The van der Waals surface area contributed by atoms with E-state index in [0.717, 1.165) is 54.6 Å². The molecule has 0 aliphatic heterocycles. The largest absolute Gasteiger partial charge is 0.342 e. The maximum atomic E-state index is 13.6. The number of rotatable bonds is 6. The zero-order valence-corrected chi connectivity index (χ0v) is 18.9. The second-order valence-corrected chi connectivity index (χ2v) is 8.71. The third-order valence-corrected chi connectivity index (χ3v) is 6.31. The Kier molecular flexibility index (Phi) is 6.21. The predicted molar refractivity (Wildman–Crippen MR) is 127 cm³/mol. The van der Waals surface area contributed by atoms with Gasteiger partial charge in [0.2, 0.25) is 0 Å². The molecular formula is C25H25ClN6O. The molecule has 2 aromatic carbocycles. The molecule has 1 N–H and O–H groups in total. The highest BCUT2D eigenvalue weighted by atomic mass is 35.5. The molecule has 1 atom stereocenters. The van der Waals surface area contributed by atoms with Gasteiger partial charge < -0.3 is 5.32 Å². The van der Waals surface area contributed by atoms with Gasteiger partial charge in [-0.2, -0.15) is 10.2 Å². The first kappa shape index (κ1) is 21.4. The van der Waals surface area contributed by atoms with Crippen molar-refractivity contribution in [2.45, 2.75) is 44.7 Å². The second kappa shape index (κ2) is 9.58. The van der Waals surface area contributed by atoms with Crippen LogP contribution in [0.5, 0.6) is 0 Å². The molecule has 0 spiro atoms. The van der Waals surface area contributed by atoms with E-state index in [9.17, 15) is 4.79 Å². The Balaban J connectivity index is 1.49. The molecule has 33 heavy (non-hydrogen) atoms. The number of hydrogen-bond donors (Lipinski definition) is 1. The van der Waals surface area contributed by atoms with Crippen LogP contribution in [-0.4, -0.2) is 30.5 Å². The summed E-state index contributed by atoms with van der Waals surface area (Å²) >= 11 is 6.09. The highest BCUT2D eigenvalue weighted by molar-refractivity contribution is 6.30. The van der Waals surface area contributed by atoms with Gasteiger partial charge in [-0.3, -0.25) is 9.48 Å². The summed E-state index contributed by atoms with van der Waals surface area (Å²) in [6, 6.07) is 17.3. The predicted octanol–water partition coefficient (Wildman–Crippen LogP) is 4.56. The SMILES string of the molecule is O=C(NC(Cn1cncn1)c1ccccc1)c1nn(-c2ccc(Cl)cc2)c2c1CCCCC2. The minimum Gasteiger partial charge on any atom is -0.342 e. The highest BCUT2D eigenvalue weighted by Gasteiger charge is 2.26. The van der Waals surface area contributed by atoms with Gasteiger partial charge in [-0.15, -0.1) is 0 Å². The van der Waals surface area contributed by atoms with E-state index in [0.29, 0.717) is 17.3 Å². The number of hydrogen-bond acceptors (Lipinski definition) is 4. The smallest absolute Gasteiger partial charge is 0.272 e. The first-order valence-electron chi connectivity index (χ1n) is 11.2. The summed E-state index contributed by atoms with van der Waals surface area (Å²) in [5.74, 6) is -0.171. The van der Waals surface area contributed by atoms with Crippen molar-refractivity contribution < 1.29 is 4.79 Å². The van der Waals surface area contributed by atoms with Crippen molar-refractivity contribution in [2.24, 2.45) is 0 Å². The lowest BCUT2D eigenvalue weighted by atomic mass is 10.0. The summed E-state index contributed by atoms with van der Waals surface area (Å²) in [4.78, 5) is 17.6. The molecular weight excluding hydrogens is 436 g/mol. The van der Waals surface area contributed by atoms with Crippen molar-refractivity contribution in [3.8, 4) is 5.69 Å². The molecule has 0 radical (unpaired) electrons. The highest BCUT2D eigenvalue weighted by Crippen LogP contribution is 2.27. The second-order valence-electron chi connectivity index (χ2n) is 8.28. The molecule has 0 fully saturated rings. The van der Waals surface area contributed by atoms with Gasteiger partial charge in [-0.05, 0) is 55.5 Å². The number of fused-ring (bicyclic) bond motifs is 1. The van der Waals surface area contributed by atoms with Gasteiger partial charge >= 0.3 is 0 Å². The summed E-state index contributed by atoms with van der Waals surface area (Å²) in [7, 11) is 0. The molecule has 0 saturated carbocycles. The van der Waals surface area contributed by atoms with Gasteiger partial charge in [-0.25, -0.2) is 9.67 Å². The van der Waals surface area contributed by atoms with Crippen molar-refractivity contribution >= 4 is 17.5 Å². The molecule has 1 amide bonds. The van der Waals surface area contributed by atoms with Crippen LogP contribution in [0, 0.1) is 0 Å². The average Bonchev–Trinajstić information content (AvgIpc) is 3.41. The van der Waals surface area contributed by atoms with Crippen molar-refractivity contribution in [3.63, 3.8) is 0 Å². The quantitative estimate of drug-likeness (QED) is 0.428. The van der Waals surface area contributed by atoms with Crippen molar-refractivity contribution in [1.29, 1.82) is 0 Å². The molecule has 7 nitrogen and oxygen atoms in total. The van der Waals surface area contributed by atoms with Crippen molar-refractivity contribution in [2.75, 3.05) is 0 Å². The molecule has 2 aromatic heterocycles. The van der Waals surface area contributed by atoms with Gasteiger partial charge in [0.05, 0.1) is 18.3 Å². The topological polar surface area (TPSA) is 77.6 Å². The zero-order chi connectivity index (χ0) is 22.6. The van der Waals surface area contributed by atoms with Gasteiger partial charge in [-0.1, -0.05) is 48.4 Å². The molecule has 1 unspecified atom stereocenters. The number of aromatic nitrogens is 5. The molecule has 0 bridgehead atoms. The number of carbonyl (C=O) groups excluding carboxylic acids is 1.